The van der Waals surface area contributed by atoms with Crippen LogP contribution in [0.25, 0.3) is 6.08 Å². The molecule has 2 aliphatic rings. The van der Waals surface area contributed by atoms with Crippen LogP contribution < -0.4 is 10.0 Å². The molecular weight excluding hydrogens is 446 g/mol. The Morgan fingerprint density at radius 1 is 0.781 bits per heavy atom. The lowest BCUT2D eigenvalue weighted by Crippen LogP contribution is -2.29. The SMILES string of the molecule is C.C.CC(C)C1=Cc2ccccc2S(=O)(=O)N1.CC(C)C1=NS(=O)(=O)c2ccccc2N1. The molecule has 0 spiro atoms. The number of benzene rings is 2. The predicted molar refractivity (Wildman–Crippen MR) is 133 cm³/mol. The average molecular weight is 480 g/mol. The Hall–Kier alpha value is -2.65. The largest absolute Gasteiger partial charge is 0.342 e. The van der Waals surface area contributed by atoms with E-state index < -0.39 is 20.0 Å². The van der Waals surface area contributed by atoms with Crippen molar-refractivity contribution in [2.24, 2.45) is 16.2 Å². The van der Waals surface area contributed by atoms with Gasteiger partial charge in [0.25, 0.3) is 20.0 Å². The minimum Gasteiger partial charge on any atom is -0.342 e. The lowest BCUT2D eigenvalue weighted by molar-refractivity contribution is 0.580. The Morgan fingerprint density at radius 3 is 1.94 bits per heavy atom. The van der Waals surface area contributed by atoms with E-state index in [2.05, 4.69) is 14.4 Å². The third-order valence-electron chi connectivity index (χ3n) is 4.59. The van der Waals surface area contributed by atoms with Crippen LogP contribution in [-0.4, -0.2) is 22.7 Å². The first-order valence-corrected chi connectivity index (χ1v) is 12.5. The normalized spacial score (nSPS) is 16.8. The van der Waals surface area contributed by atoms with Gasteiger partial charge in [0.1, 0.15) is 10.7 Å². The molecule has 32 heavy (non-hydrogen) atoms. The zero-order chi connectivity index (χ0) is 22.1. The van der Waals surface area contributed by atoms with Crippen LogP contribution in [0.4, 0.5) is 5.69 Å². The van der Waals surface area contributed by atoms with Crippen molar-refractivity contribution in [1.29, 1.82) is 0 Å². The monoisotopic (exact) mass is 479 g/mol. The lowest BCUT2D eigenvalue weighted by atomic mass is 10.1. The fourth-order valence-corrected chi connectivity index (χ4v) is 5.59. The highest BCUT2D eigenvalue weighted by Crippen LogP contribution is 2.28. The van der Waals surface area contributed by atoms with Crippen molar-refractivity contribution >= 4 is 37.6 Å². The van der Waals surface area contributed by atoms with Crippen LogP contribution in [-0.2, 0) is 20.0 Å². The number of nitrogens with one attached hydrogen (secondary N) is 2. The molecule has 2 aliphatic heterocycles. The summed E-state index contributed by atoms with van der Waals surface area (Å²) in [7, 11) is -6.87. The number of sulfonamides is 2. The van der Waals surface area contributed by atoms with E-state index >= 15 is 0 Å². The Kier molecular flexibility index (Phi) is 8.82. The quantitative estimate of drug-likeness (QED) is 0.623. The van der Waals surface area contributed by atoms with E-state index in [-0.39, 0.29) is 31.6 Å². The molecule has 0 saturated heterocycles. The molecular formula is C23H33N3O4S2. The second kappa shape index (κ2) is 10.3. The van der Waals surface area contributed by atoms with Crippen molar-refractivity contribution < 1.29 is 16.8 Å². The van der Waals surface area contributed by atoms with Crippen LogP contribution in [0.2, 0.25) is 0 Å². The Morgan fingerprint density at radius 2 is 1.34 bits per heavy atom. The number of fused-ring (bicyclic) bond motifs is 2. The smallest absolute Gasteiger partial charge is 0.286 e. The summed E-state index contributed by atoms with van der Waals surface area (Å²) in [5, 5.41) is 3.02. The molecule has 9 heteroatoms. The minimum absolute atomic E-state index is 0. The van der Waals surface area contributed by atoms with Crippen molar-refractivity contribution in [2.45, 2.75) is 52.3 Å². The number of hydrogen-bond donors (Lipinski definition) is 2. The second-order valence-corrected chi connectivity index (χ2v) is 10.8. The van der Waals surface area contributed by atoms with E-state index in [4.69, 9.17) is 0 Å². The summed E-state index contributed by atoms with van der Waals surface area (Å²) in [5.74, 6) is 0.731. The van der Waals surface area contributed by atoms with Gasteiger partial charge in [0, 0.05) is 11.6 Å². The topological polar surface area (TPSA) is 105 Å². The van der Waals surface area contributed by atoms with Crippen LogP contribution in [0.1, 0.15) is 48.1 Å². The molecule has 2 heterocycles. The van der Waals surface area contributed by atoms with E-state index in [9.17, 15) is 16.8 Å². The van der Waals surface area contributed by atoms with Gasteiger partial charge in [0.05, 0.1) is 10.6 Å². The highest BCUT2D eigenvalue weighted by molar-refractivity contribution is 7.90. The molecule has 0 radical (unpaired) electrons. The van der Waals surface area contributed by atoms with Gasteiger partial charge >= 0.3 is 0 Å². The van der Waals surface area contributed by atoms with Crippen molar-refractivity contribution in [2.75, 3.05) is 5.32 Å². The van der Waals surface area contributed by atoms with Crippen LogP contribution in [0.3, 0.4) is 0 Å². The molecule has 0 aliphatic carbocycles. The molecule has 0 unspecified atom stereocenters. The number of amidine groups is 1. The van der Waals surface area contributed by atoms with Gasteiger partial charge in [-0.2, -0.15) is 8.42 Å². The number of allylic oxidation sites excluding steroid dienone is 1. The number of anilines is 1. The van der Waals surface area contributed by atoms with Gasteiger partial charge in [-0.25, -0.2) is 8.42 Å². The van der Waals surface area contributed by atoms with Gasteiger partial charge in [-0.3, -0.25) is 4.72 Å². The average Bonchev–Trinajstić information content (AvgIpc) is 2.67. The summed E-state index contributed by atoms with van der Waals surface area (Å²) in [6.45, 7) is 7.72. The van der Waals surface area contributed by atoms with E-state index in [1.807, 2.05) is 45.9 Å². The molecule has 0 atom stereocenters. The van der Waals surface area contributed by atoms with Crippen LogP contribution in [0.5, 0.6) is 0 Å². The summed E-state index contributed by atoms with van der Waals surface area (Å²) in [4.78, 5) is 0.601. The van der Waals surface area contributed by atoms with Crippen molar-refractivity contribution in [3.05, 3.63) is 59.8 Å². The van der Waals surface area contributed by atoms with Gasteiger partial charge in [-0.05, 0) is 35.8 Å². The lowest BCUT2D eigenvalue weighted by Gasteiger charge is -2.21. The maximum absolute atomic E-state index is 11.8. The summed E-state index contributed by atoms with van der Waals surface area (Å²) in [6.07, 6.45) is 1.89. The summed E-state index contributed by atoms with van der Waals surface area (Å²) in [6, 6.07) is 13.8. The first kappa shape index (κ1) is 27.4. The van der Waals surface area contributed by atoms with Gasteiger partial charge in [0.15, 0.2) is 0 Å². The molecule has 0 fully saturated rings. The van der Waals surface area contributed by atoms with Crippen LogP contribution in [0, 0.1) is 11.8 Å². The number of hydrogen-bond acceptors (Lipinski definition) is 5. The molecule has 0 amide bonds. The first-order valence-electron chi connectivity index (χ1n) is 9.55. The highest BCUT2D eigenvalue weighted by atomic mass is 32.2. The second-order valence-electron chi connectivity index (χ2n) is 7.63. The zero-order valence-corrected chi connectivity index (χ0v) is 18.9. The molecule has 2 aromatic rings. The Bertz CT molecular complexity index is 1230. The maximum Gasteiger partial charge on any atom is 0.286 e. The van der Waals surface area contributed by atoms with Crippen molar-refractivity contribution in [1.82, 2.24) is 4.72 Å². The molecule has 0 saturated carbocycles. The molecule has 2 N–H and O–H groups in total. The van der Waals surface area contributed by atoms with E-state index in [0.717, 1.165) is 11.3 Å². The summed E-state index contributed by atoms with van der Waals surface area (Å²) >= 11 is 0. The van der Waals surface area contributed by atoms with Crippen LogP contribution >= 0.6 is 0 Å². The van der Waals surface area contributed by atoms with E-state index in [0.29, 0.717) is 16.4 Å². The Labute approximate surface area is 192 Å². The van der Waals surface area contributed by atoms with Crippen LogP contribution in [0.15, 0.2) is 68.4 Å². The van der Waals surface area contributed by atoms with E-state index in [1.165, 1.54) is 0 Å². The van der Waals surface area contributed by atoms with Gasteiger partial charge in [-0.1, -0.05) is 72.9 Å². The maximum atomic E-state index is 11.8. The first-order chi connectivity index (χ1) is 14.0. The molecule has 4 rings (SSSR count). The number of rotatable bonds is 2. The standard InChI is InChI=1S/C11H13NO2S.C10H12N2O2S.2CH4/c1-8(2)10-7-9-5-3-4-6-11(9)15(13,14)12-10;1-7(2)10-11-8-5-3-4-6-9(8)15(13,14)12-10;;/h3-8,12H,1-2H3;3-7H,1-2H3,(H,11,12);2*1H4. The minimum atomic E-state index is -3.51. The molecule has 176 valence electrons. The summed E-state index contributed by atoms with van der Waals surface area (Å²) in [5.41, 5.74) is 2.12. The summed E-state index contributed by atoms with van der Waals surface area (Å²) < 4.78 is 53.5. The predicted octanol–water partition coefficient (Wildman–Crippen LogP) is 5.10. The molecule has 0 aromatic heterocycles. The fourth-order valence-electron chi connectivity index (χ4n) is 2.92. The fraction of sp³-hybridized carbons (Fsp3) is 0.348. The van der Waals surface area contributed by atoms with Crippen molar-refractivity contribution in [3.63, 3.8) is 0 Å². The Balaban J connectivity index is 0.000000301. The molecule has 0 bridgehead atoms. The number of para-hydroxylation sites is 1. The van der Waals surface area contributed by atoms with Crippen molar-refractivity contribution in [3.8, 4) is 0 Å². The third kappa shape index (κ3) is 5.77. The van der Waals surface area contributed by atoms with Gasteiger partial charge < -0.3 is 5.32 Å². The molecule has 7 nitrogen and oxygen atoms in total. The third-order valence-corrected chi connectivity index (χ3v) is 7.39. The highest BCUT2D eigenvalue weighted by Gasteiger charge is 2.25. The van der Waals surface area contributed by atoms with E-state index in [1.54, 1.807) is 36.4 Å². The van der Waals surface area contributed by atoms with Gasteiger partial charge in [-0.15, -0.1) is 4.40 Å². The zero-order valence-electron chi connectivity index (χ0n) is 17.2. The van der Waals surface area contributed by atoms with Gasteiger partial charge in [0.2, 0.25) is 0 Å². The molecule has 2 aromatic carbocycles. The number of nitrogens with zero attached hydrogens (tertiary/aromatic N) is 1.